The summed E-state index contributed by atoms with van der Waals surface area (Å²) >= 11 is 3.42. The van der Waals surface area contributed by atoms with Gasteiger partial charge < -0.3 is 4.98 Å². The Morgan fingerprint density at radius 1 is 1.12 bits per heavy atom. The van der Waals surface area contributed by atoms with E-state index in [9.17, 15) is 4.79 Å². The lowest BCUT2D eigenvalue weighted by Crippen LogP contribution is -2.16. The highest BCUT2D eigenvalue weighted by atomic mass is 79.9. The van der Waals surface area contributed by atoms with Gasteiger partial charge in [-0.3, -0.25) is 4.57 Å². The number of nitrogens with zero attached hydrogens (tertiary/aromatic N) is 1. The SMILES string of the molecule is O=c1[nH]c2ccccc2n1CCCCCCBr. The molecule has 1 aromatic heterocycles. The maximum Gasteiger partial charge on any atom is 0.326 e. The molecule has 0 saturated carbocycles. The second-order valence-electron chi connectivity index (χ2n) is 4.20. The van der Waals surface area contributed by atoms with Crippen LogP contribution in [0.3, 0.4) is 0 Å². The van der Waals surface area contributed by atoms with Crippen molar-refractivity contribution in [3.63, 3.8) is 0 Å². The quantitative estimate of drug-likeness (QED) is 0.645. The minimum Gasteiger partial charge on any atom is -0.306 e. The average molecular weight is 297 g/mol. The monoisotopic (exact) mass is 296 g/mol. The van der Waals surface area contributed by atoms with Crippen molar-refractivity contribution in [2.45, 2.75) is 32.2 Å². The third-order valence-corrected chi connectivity index (χ3v) is 3.51. The summed E-state index contributed by atoms with van der Waals surface area (Å²) < 4.78 is 1.84. The molecule has 0 saturated heterocycles. The lowest BCUT2D eigenvalue weighted by atomic mass is 10.2. The molecule has 0 aliphatic heterocycles. The minimum atomic E-state index is 0.00620. The number of unbranched alkanes of at least 4 members (excludes halogenated alkanes) is 3. The van der Waals surface area contributed by atoms with E-state index in [0.717, 1.165) is 29.3 Å². The molecule has 0 fully saturated rings. The fourth-order valence-electron chi connectivity index (χ4n) is 2.05. The predicted molar refractivity (Wildman–Crippen MR) is 74.8 cm³/mol. The number of rotatable bonds is 6. The Balaban J connectivity index is 2.03. The van der Waals surface area contributed by atoms with Crippen molar-refractivity contribution >= 4 is 27.0 Å². The van der Waals surface area contributed by atoms with Crippen molar-refractivity contribution < 1.29 is 0 Å². The van der Waals surface area contributed by atoms with E-state index in [-0.39, 0.29) is 5.69 Å². The number of hydrogen-bond donors (Lipinski definition) is 1. The molecular weight excluding hydrogens is 280 g/mol. The molecule has 0 aliphatic rings. The largest absolute Gasteiger partial charge is 0.326 e. The van der Waals surface area contributed by atoms with Gasteiger partial charge in [0.1, 0.15) is 0 Å². The molecule has 0 atom stereocenters. The van der Waals surface area contributed by atoms with Gasteiger partial charge in [0.15, 0.2) is 0 Å². The Morgan fingerprint density at radius 2 is 1.88 bits per heavy atom. The zero-order chi connectivity index (χ0) is 12.1. The van der Waals surface area contributed by atoms with Crippen LogP contribution in [0.5, 0.6) is 0 Å². The average Bonchev–Trinajstić information content (AvgIpc) is 2.65. The van der Waals surface area contributed by atoms with Crippen LogP contribution < -0.4 is 5.69 Å². The topological polar surface area (TPSA) is 37.8 Å². The van der Waals surface area contributed by atoms with Crippen molar-refractivity contribution in [3.05, 3.63) is 34.7 Å². The summed E-state index contributed by atoms with van der Waals surface area (Å²) in [6, 6.07) is 7.85. The molecule has 1 N–H and O–H groups in total. The number of imidazole rings is 1. The summed E-state index contributed by atoms with van der Waals surface area (Å²) in [6.07, 6.45) is 4.68. The standard InChI is InChI=1S/C13H17BrN2O/c14-9-5-1-2-6-10-16-12-8-4-3-7-11(12)15-13(16)17/h3-4,7-8H,1-2,5-6,9-10H2,(H,15,17). The number of H-pyrrole nitrogens is 1. The maximum atomic E-state index is 11.8. The first kappa shape index (κ1) is 12.4. The van der Waals surface area contributed by atoms with Gasteiger partial charge in [0.25, 0.3) is 0 Å². The van der Waals surface area contributed by atoms with Gasteiger partial charge in [-0.15, -0.1) is 0 Å². The van der Waals surface area contributed by atoms with Gasteiger partial charge >= 0.3 is 5.69 Å². The second kappa shape index (κ2) is 6.05. The number of aryl methyl sites for hydroxylation is 1. The third kappa shape index (κ3) is 3.00. The molecule has 0 bridgehead atoms. The number of hydrogen-bond acceptors (Lipinski definition) is 1. The van der Waals surface area contributed by atoms with Crippen LogP contribution in [0.1, 0.15) is 25.7 Å². The zero-order valence-electron chi connectivity index (χ0n) is 9.79. The number of aromatic amines is 1. The lowest BCUT2D eigenvalue weighted by molar-refractivity contribution is 0.583. The summed E-state index contributed by atoms with van der Waals surface area (Å²) in [4.78, 5) is 14.6. The predicted octanol–water partition coefficient (Wildman–Crippen LogP) is 3.28. The molecule has 2 rings (SSSR count). The minimum absolute atomic E-state index is 0.00620. The number of benzene rings is 1. The van der Waals surface area contributed by atoms with Crippen LogP contribution in [0.15, 0.2) is 29.1 Å². The number of halogens is 1. The van der Waals surface area contributed by atoms with Gasteiger partial charge in [0, 0.05) is 11.9 Å². The van der Waals surface area contributed by atoms with Gasteiger partial charge in [-0.2, -0.15) is 0 Å². The van der Waals surface area contributed by atoms with Crippen molar-refractivity contribution in [2.75, 3.05) is 5.33 Å². The normalized spacial score (nSPS) is 11.1. The highest BCUT2D eigenvalue weighted by Gasteiger charge is 2.04. The number of fused-ring (bicyclic) bond motifs is 1. The first-order valence-electron chi connectivity index (χ1n) is 6.06. The Kier molecular flexibility index (Phi) is 4.42. The molecule has 1 aromatic carbocycles. The van der Waals surface area contributed by atoms with Crippen LogP contribution in [0.4, 0.5) is 0 Å². The first-order chi connectivity index (χ1) is 8.33. The molecule has 2 aromatic rings. The van der Waals surface area contributed by atoms with Crippen molar-refractivity contribution in [2.24, 2.45) is 0 Å². The fraction of sp³-hybridized carbons (Fsp3) is 0.462. The van der Waals surface area contributed by atoms with Gasteiger partial charge in [-0.25, -0.2) is 4.79 Å². The maximum absolute atomic E-state index is 11.8. The number of alkyl halides is 1. The van der Waals surface area contributed by atoms with E-state index in [4.69, 9.17) is 0 Å². The molecule has 0 spiro atoms. The van der Waals surface area contributed by atoms with Crippen LogP contribution in [0.25, 0.3) is 11.0 Å². The molecule has 3 nitrogen and oxygen atoms in total. The highest BCUT2D eigenvalue weighted by Crippen LogP contribution is 2.10. The molecule has 0 unspecified atom stereocenters. The number of para-hydroxylation sites is 2. The van der Waals surface area contributed by atoms with Gasteiger partial charge in [0.05, 0.1) is 11.0 Å². The van der Waals surface area contributed by atoms with E-state index in [1.807, 2.05) is 28.8 Å². The Hall–Kier alpha value is -1.03. The van der Waals surface area contributed by atoms with E-state index in [0.29, 0.717) is 0 Å². The molecular formula is C13H17BrN2O. The second-order valence-corrected chi connectivity index (χ2v) is 5.00. The Labute approximate surface area is 109 Å². The molecule has 1 heterocycles. The van der Waals surface area contributed by atoms with Crippen LogP contribution in [0.2, 0.25) is 0 Å². The molecule has 17 heavy (non-hydrogen) atoms. The number of nitrogens with one attached hydrogen (secondary N) is 1. The van der Waals surface area contributed by atoms with Crippen molar-refractivity contribution in [1.82, 2.24) is 9.55 Å². The first-order valence-corrected chi connectivity index (χ1v) is 7.18. The van der Waals surface area contributed by atoms with Gasteiger partial charge in [-0.05, 0) is 25.0 Å². The van der Waals surface area contributed by atoms with E-state index in [2.05, 4.69) is 20.9 Å². The van der Waals surface area contributed by atoms with Gasteiger partial charge in [-0.1, -0.05) is 40.9 Å². The van der Waals surface area contributed by atoms with Crippen molar-refractivity contribution in [3.8, 4) is 0 Å². The molecule has 0 radical (unpaired) electrons. The Morgan fingerprint density at radius 3 is 2.71 bits per heavy atom. The summed E-state index contributed by atoms with van der Waals surface area (Å²) in [6.45, 7) is 0.811. The molecule has 0 amide bonds. The van der Waals surface area contributed by atoms with E-state index in [1.165, 1.54) is 19.3 Å². The summed E-state index contributed by atoms with van der Waals surface area (Å²) in [5, 5.41) is 1.07. The molecule has 92 valence electrons. The van der Waals surface area contributed by atoms with Gasteiger partial charge in [0.2, 0.25) is 0 Å². The zero-order valence-corrected chi connectivity index (χ0v) is 11.4. The van der Waals surface area contributed by atoms with E-state index in [1.54, 1.807) is 0 Å². The summed E-state index contributed by atoms with van der Waals surface area (Å²) in [5.74, 6) is 0. The van der Waals surface area contributed by atoms with Crippen molar-refractivity contribution in [1.29, 1.82) is 0 Å². The highest BCUT2D eigenvalue weighted by molar-refractivity contribution is 9.09. The molecule has 0 aliphatic carbocycles. The molecule has 4 heteroatoms. The smallest absolute Gasteiger partial charge is 0.306 e. The van der Waals surface area contributed by atoms with E-state index < -0.39 is 0 Å². The fourth-order valence-corrected chi connectivity index (χ4v) is 2.44. The van der Waals surface area contributed by atoms with Crippen LogP contribution in [-0.4, -0.2) is 14.9 Å². The summed E-state index contributed by atoms with van der Waals surface area (Å²) in [7, 11) is 0. The lowest BCUT2D eigenvalue weighted by Gasteiger charge is -2.02. The van der Waals surface area contributed by atoms with Crippen LogP contribution in [-0.2, 0) is 6.54 Å². The third-order valence-electron chi connectivity index (χ3n) is 2.95. The Bertz CT molecular complexity index is 529. The van der Waals surface area contributed by atoms with E-state index >= 15 is 0 Å². The van der Waals surface area contributed by atoms with Crippen LogP contribution in [0, 0.1) is 0 Å². The summed E-state index contributed by atoms with van der Waals surface area (Å²) in [5.41, 5.74) is 1.95. The number of aromatic nitrogens is 2. The van der Waals surface area contributed by atoms with Crippen LogP contribution >= 0.6 is 15.9 Å².